The van der Waals surface area contributed by atoms with Crippen LogP contribution in [0.25, 0.3) is 0 Å². The Morgan fingerprint density at radius 2 is 1.80 bits per heavy atom. The molecule has 3 aliphatic heterocycles. The van der Waals surface area contributed by atoms with E-state index in [1.54, 1.807) is 0 Å². The maximum absolute atomic E-state index is 13.7. The number of rotatable bonds is 5. The molecular weight excluding hydrogens is 462 g/mol. The molecule has 0 bridgehead atoms. The zero-order valence-electron chi connectivity index (χ0n) is 21.2. The van der Waals surface area contributed by atoms with Crippen LogP contribution in [0, 0.1) is 11.3 Å². The van der Waals surface area contributed by atoms with E-state index in [4.69, 9.17) is 16.3 Å². The molecule has 1 aromatic carbocycles. The Kier molecular flexibility index (Phi) is 7.43. The monoisotopic (exact) mass is 501 g/mol. The number of ether oxygens (including phenoxy) is 1. The van der Waals surface area contributed by atoms with Crippen molar-refractivity contribution in [3.8, 4) is 0 Å². The van der Waals surface area contributed by atoms with E-state index in [9.17, 15) is 9.59 Å². The van der Waals surface area contributed by atoms with Crippen LogP contribution < -0.4 is 5.32 Å². The SMILES string of the molecule is CC1(C)CCC(N(C(=O)[C@@H]2CCCO2)C2CCN(C(=O)[C@@H]3CNC[C@H]3c3ccc(Cl)cc3)C2)CC1. The minimum atomic E-state index is -0.303. The summed E-state index contributed by atoms with van der Waals surface area (Å²) in [7, 11) is 0. The molecule has 3 saturated heterocycles. The van der Waals surface area contributed by atoms with Gasteiger partial charge < -0.3 is 19.9 Å². The second-order valence-electron chi connectivity index (χ2n) is 11.8. The first kappa shape index (κ1) is 25.0. The van der Waals surface area contributed by atoms with Crippen molar-refractivity contribution >= 4 is 23.4 Å². The van der Waals surface area contributed by atoms with Crippen molar-refractivity contribution in [2.24, 2.45) is 11.3 Å². The fourth-order valence-electron chi connectivity index (χ4n) is 6.66. The summed E-state index contributed by atoms with van der Waals surface area (Å²) in [5.41, 5.74) is 1.51. The number of nitrogens with zero attached hydrogens (tertiary/aromatic N) is 2. The minimum absolute atomic E-state index is 0.0762. The minimum Gasteiger partial charge on any atom is -0.368 e. The maximum Gasteiger partial charge on any atom is 0.252 e. The molecule has 4 aliphatic rings. The third-order valence-corrected chi connectivity index (χ3v) is 9.11. The molecular formula is C28H40ClN3O3. The van der Waals surface area contributed by atoms with Crippen molar-refractivity contribution in [1.82, 2.24) is 15.1 Å². The summed E-state index contributed by atoms with van der Waals surface area (Å²) >= 11 is 6.09. The van der Waals surface area contributed by atoms with E-state index < -0.39 is 0 Å². The maximum atomic E-state index is 13.7. The van der Waals surface area contributed by atoms with Crippen molar-refractivity contribution < 1.29 is 14.3 Å². The predicted molar refractivity (Wildman–Crippen MR) is 137 cm³/mol. The first-order chi connectivity index (χ1) is 16.8. The van der Waals surface area contributed by atoms with E-state index >= 15 is 0 Å². The van der Waals surface area contributed by atoms with Crippen LogP contribution in [-0.4, -0.2) is 72.6 Å². The Balaban J connectivity index is 1.29. The van der Waals surface area contributed by atoms with Crippen molar-refractivity contribution in [3.63, 3.8) is 0 Å². The predicted octanol–water partition coefficient (Wildman–Crippen LogP) is 4.22. The van der Waals surface area contributed by atoms with E-state index in [0.717, 1.165) is 63.6 Å². The summed E-state index contributed by atoms with van der Waals surface area (Å²) in [6, 6.07) is 8.24. The zero-order chi connectivity index (χ0) is 24.6. The van der Waals surface area contributed by atoms with Crippen LogP contribution in [0.2, 0.25) is 5.02 Å². The molecule has 0 aromatic heterocycles. The Bertz CT molecular complexity index is 905. The summed E-state index contributed by atoms with van der Waals surface area (Å²) in [6.45, 7) is 8.20. The van der Waals surface area contributed by atoms with Crippen LogP contribution in [0.5, 0.6) is 0 Å². The number of hydrogen-bond acceptors (Lipinski definition) is 4. The molecule has 1 aliphatic carbocycles. The summed E-state index contributed by atoms with van der Waals surface area (Å²) < 4.78 is 5.82. The average molecular weight is 502 g/mol. The quantitative estimate of drug-likeness (QED) is 0.656. The number of amides is 2. The average Bonchev–Trinajstić information content (AvgIpc) is 3.62. The fourth-order valence-corrected chi connectivity index (χ4v) is 6.79. The number of benzene rings is 1. The molecule has 7 heteroatoms. The van der Waals surface area contributed by atoms with Crippen LogP contribution in [0.4, 0.5) is 0 Å². The largest absolute Gasteiger partial charge is 0.368 e. The van der Waals surface area contributed by atoms with Gasteiger partial charge in [0.1, 0.15) is 6.10 Å². The molecule has 2 amide bonds. The normalized spacial score (nSPS) is 31.1. The van der Waals surface area contributed by atoms with Gasteiger partial charge in [-0.3, -0.25) is 9.59 Å². The number of likely N-dealkylation sites (tertiary alicyclic amines) is 1. The smallest absolute Gasteiger partial charge is 0.252 e. The highest BCUT2D eigenvalue weighted by Gasteiger charge is 2.44. The second kappa shape index (κ2) is 10.4. The third kappa shape index (κ3) is 5.40. The second-order valence-corrected chi connectivity index (χ2v) is 12.2. The van der Waals surface area contributed by atoms with Crippen molar-refractivity contribution in [1.29, 1.82) is 0 Å². The van der Waals surface area contributed by atoms with Gasteiger partial charge in [0.15, 0.2) is 0 Å². The van der Waals surface area contributed by atoms with Gasteiger partial charge in [0, 0.05) is 49.8 Å². The highest BCUT2D eigenvalue weighted by atomic mass is 35.5. The lowest BCUT2D eigenvalue weighted by Gasteiger charge is -2.43. The number of carbonyl (C=O) groups excluding carboxylic acids is 2. The Labute approximate surface area is 214 Å². The summed E-state index contributed by atoms with van der Waals surface area (Å²) in [5, 5.41) is 4.14. The topological polar surface area (TPSA) is 61.9 Å². The van der Waals surface area contributed by atoms with Crippen LogP contribution >= 0.6 is 11.6 Å². The Hall–Kier alpha value is -1.63. The number of carbonyl (C=O) groups is 2. The lowest BCUT2D eigenvalue weighted by Crippen LogP contribution is -2.53. The van der Waals surface area contributed by atoms with E-state index in [1.165, 1.54) is 0 Å². The first-order valence-electron chi connectivity index (χ1n) is 13.5. The molecule has 4 atom stereocenters. The number of hydrogen-bond donors (Lipinski definition) is 1. The molecule has 1 unspecified atom stereocenters. The van der Waals surface area contributed by atoms with Crippen molar-refractivity contribution in [2.45, 2.75) is 82.9 Å². The molecule has 0 radical (unpaired) electrons. The summed E-state index contributed by atoms with van der Waals surface area (Å²) in [5.74, 6) is 0.455. The van der Waals surface area contributed by atoms with E-state index in [1.807, 2.05) is 29.2 Å². The van der Waals surface area contributed by atoms with Gasteiger partial charge in [0.05, 0.1) is 12.0 Å². The van der Waals surface area contributed by atoms with E-state index in [0.29, 0.717) is 30.1 Å². The van der Waals surface area contributed by atoms with Gasteiger partial charge in [0.25, 0.3) is 5.91 Å². The van der Waals surface area contributed by atoms with E-state index in [2.05, 4.69) is 24.1 Å². The van der Waals surface area contributed by atoms with E-state index in [-0.39, 0.29) is 41.8 Å². The van der Waals surface area contributed by atoms with Crippen LogP contribution in [0.1, 0.15) is 70.3 Å². The lowest BCUT2D eigenvalue weighted by atomic mass is 9.75. The molecule has 3 heterocycles. The van der Waals surface area contributed by atoms with Gasteiger partial charge >= 0.3 is 0 Å². The summed E-state index contributed by atoms with van der Waals surface area (Å²) in [6.07, 6.45) is 6.69. The highest BCUT2D eigenvalue weighted by molar-refractivity contribution is 6.30. The molecule has 0 spiro atoms. The van der Waals surface area contributed by atoms with Crippen molar-refractivity contribution in [2.75, 3.05) is 32.8 Å². The van der Waals surface area contributed by atoms with Crippen LogP contribution in [-0.2, 0) is 14.3 Å². The summed E-state index contributed by atoms with van der Waals surface area (Å²) in [4.78, 5) is 31.5. The van der Waals surface area contributed by atoms with Crippen molar-refractivity contribution in [3.05, 3.63) is 34.9 Å². The highest BCUT2D eigenvalue weighted by Crippen LogP contribution is 2.39. The standard InChI is InChI=1S/C28H40ClN3O3/c1-28(2)12-9-21(10-13-28)32(27(34)25-4-3-15-35-25)22-11-14-31(18-22)26(33)24-17-30-16-23(24)19-5-7-20(29)8-6-19/h5-8,21-25,30H,3-4,9-18H2,1-2H3/t22?,23-,24+,25-/m0/s1. The molecule has 5 rings (SSSR count). The first-order valence-corrected chi connectivity index (χ1v) is 13.9. The number of nitrogens with one attached hydrogen (secondary N) is 1. The van der Waals surface area contributed by atoms with Crippen LogP contribution in [0.3, 0.4) is 0 Å². The van der Waals surface area contributed by atoms with Gasteiger partial charge in [-0.1, -0.05) is 37.6 Å². The molecule has 1 saturated carbocycles. The molecule has 1 aromatic rings. The van der Waals surface area contributed by atoms with Gasteiger partial charge in [-0.05, 0) is 68.1 Å². The molecule has 1 N–H and O–H groups in total. The zero-order valence-corrected chi connectivity index (χ0v) is 21.9. The third-order valence-electron chi connectivity index (χ3n) is 8.86. The Morgan fingerprint density at radius 3 is 2.49 bits per heavy atom. The van der Waals surface area contributed by atoms with Gasteiger partial charge in [0.2, 0.25) is 5.91 Å². The molecule has 4 fully saturated rings. The lowest BCUT2D eigenvalue weighted by molar-refractivity contribution is -0.148. The molecule has 6 nitrogen and oxygen atoms in total. The van der Waals surface area contributed by atoms with Crippen LogP contribution in [0.15, 0.2) is 24.3 Å². The number of halogens is 1. The molecule has 192 valence electrons. The molecule has 35 heavy (non-hydrogen) atoms. The fraction of sp³-hybridized carbons (Fsp3) is 0.714. The van der Waals surface area contributed by atoms with Gasteiger partial charge in [-0.25, -0.2) is 0 Å². The van der Waals surface area contributed by atoms with Gasteiger partial charge in [-0.15, -0.1) is 0 Å². The Morgan fingerprint density at radius 1 is 1.06 bits per heavy atom. The van der Waals surface area contributed by atoms with Gasteiger partial charge in [-0.2, -0.15) is 0 Å².